The molecule has 0 aromatic carbocycles. The number of thioether (sulfide) groups is 1. The Morgan fingerprint density at radius 3 is 2.92 bits per heavy atom. The minimum atomic E-state index is 0.730. The van der Waals surface area contributed by atoms with E-state index >= 15 is 0 Å². The molecular weight excluding hydrogens is 352 g/mol. The van der Waals surface area contributed by atoms with Gasteiger partial charge in [-0.2, -0.15) is 11.8 Å². The molecule has 2 aromatic rings. The van der Waals surface area contributed by atoms with E-state index in [1.54, 1.807) is 0 Å². The molecular formula is C18H28N4OS2. The maximum absolute atomic E-state index is 5.55. The Bertz CT molecular complexity index is 639. The lowest BCUT2D eigenvalue weighted by molar-refractivity contribution is 0.501. The fourth-order valence-electron chi connectivity index (χ4n) is 2.48. The Hall–Kier alpha value is -1.47. The fraction of sp³-hybridized carbons (Fsp3) is 0.556. The molecule has 0 unspecified atom stereocenters. The van der Waals surface area contributed by atoms with Gasteiger partial charge in [-0.3, -0.25) is 0 Å². The molecule has 0 spiro atoms. The second kappa shape index (κ2) is 11.2. The third-order valence-corrected chi connectivity index (χ3v) is 4.98. The molecule has 138 valence electrons. The highest BCUT2D eigenvalue weighted by molar-refractivity contribution is 7.98. The van der Waals surface area contributed by atoms with E-state index in [1.807, 2.05) is 37.0 Å². The molecule has 5 nitrogen and oxygen atoms in total. The van der Waals surface area contributed by atoms with Crippen LogP contribution in [-0.2, 0) is 18.7 Å². The molecule has 0 radical (unpaired) electrons. The van der Waals surface area contributed by atoms with Gasteiger partial charge in [0.05, 0.1) is 5.75 Å². The molecule has 0 aliphatic carbocycles. The van der Waals surface area contributed by atoms with Crippen molar-refractivity contribution < 1.29 is 4.42 Å². The quantitative estimate of drug-likeness (QED) is 0.459. The van der Waals surface area contributed by atoms with Crippen LogP contribution in [-0.4, -0.2) is 33.5 Å². The molecule has 2 rings (SSSR count). The first-order valence-electron chi connectivity index (χ1n) is 8.83. The zero-order valence-corrected chi connectivity index (χ0v) is 16.7. The topological polar surface area (TPSA) is 55.0 Å². The summed E-state index contributed by atoms with van der Waals surface area (Å²) in [5.41, 5.74) is 0. The van der Waals surface area contributed by atoms with Crippen molar-refractivity contribution >= 4 is 29.1 Å². The van der Waals surface area contributed by atoms with Gasteiger partial charge >= 0.3 is 0 Å². The van der Waals surface area contributed by atoms with Crippen LogP contribution in [0.5, 0.6) is 0 Å². The zero-order valence-electron chi connectivity index (χ0n) is 15.1. The number of hydrogen-bond donors (Lipinski definition) is 2. The number of aromatic nitrogens is 2. The second-order valence-electron chi connectivity index (χ2n) is 5.89. The first-order valence-corrected chi connectivity index (χ1v) is 10.4. The lowest BCUT2D eigenvalue weighted by atomic mass is 10.3. The van der Waals surface area contributed by atoms with Gasteiger partial charge in [-0.1, -0.05) is 6.92 Å². The number of imidazole rings is 1. The summed E-state index contributed by atoms with van der Waals surface area (Å²) in [6.07, 6.45) is 7.13. The van der Waals surface area contributed by atoms with E-state index in [0.29, 0.717) is 0 Å². The largest absolute Gasteiger partial charge is 0.466 e. The summed E-state index contributed by atoms with van der Waals surface area (Å²) < 4.78 is 7.78. The molecule has 0 aliphatic rings. The summed E-state index contributed by atoms with van der Waals surface area (Å²) in [5.74, 6) is 5.08. The Kier molecular flexibility index (Phi) is 8.90. The van der Waals surface area contributed by atoms with E-state index in [4.69, 9.17) is 16.6 Å². The zero-order chi connectivity index (χ0) is 17.9. The molecule has 7 heteroatoms. The van der Waals surface area contributed by atoms with E-state index in [-0.39, 0.29) is 0 Å². The lowest BCUT2D eigenvalue weighted by Crippen LogP contribution is -2.37. The maximum Gasteiger partial charge on any atom is 0.166 e. The van der Waals surface area contributed by atoms with Gasteiger partial charge in [0.15, 0.2) is 5.11 Å². The van der Waals surface area contributed by atoms with Crippen LogP contribution >= 0.6 is 24.0 Å². The first kappa shape index (κ1) is 19.8. The third-order valence-electron chi connectivity index (χ3n) is 3.71. The third kappa shape index (κ3) is 7.52. The molecule has 2 heterocycles. The second-order valence-corrected chi connectivity index (χ2v) is 7.40. The van der Waals surface area contributed by atoms with Gasteiger partial charge in [-0.15, -0.1) is 0 Å². The van der Waals surface area contributed by atoms with Crippen molar-refractivity contribution in [1.82, 2.24) is 20.2 Å². The fourth-order valence-corrected chi connectivity index (χ4v) is 3.43. The van der Waals surface area contributed by atoms with Gasteiger partial charge in [-0.05, 0) is 44.1 Å². The van der Waals surface area contributed by atoms with Crippen LogP contribution in [0.1, 0.15) is 37.1 Å². The standard InChI is InChI=1S/C18H28N4OS2/c1-3-5-17-19-9-12-22(17)11-4-8-20-18(24)21-10-13-25-14-16-7-6-15(2)23-16/h6-7,9,12H,3-5,8,10-11,13-14H2,1-2H3,(H2,20,21,24). The van der Waals surface area contributed by atoms with Gasteiger partial charge in [0.2, 0.25) is 0 Å². The number of thiocarbonyl (C=S) groups is 1. The number of nitrogens with zero attached hydrogens (tertiary/aromatic N) is 2. The summed E-state index contributed by atoms with van der Waals surface area (Å²) in [6, 6.07) is 4.04. The molecule has 0 saturated heterocycles. The van der Waals surface area contributed by atoms with Crippen molar-refractivity contribution in [3.63, 3.8) is 0 Å². The molecule has 0 atom stereocenters. The van der Waals surface area contributed by atoms with E-state index in [2.05, 4.69) is 33.3 Å². The smallest absolute Gasteiger partial charge is 0.166 e. The number of aryl methyl sites for hydroxylation is 3. The van der Waals surface area contributed by atoms with Gasteiger partial charge < -0.3 is 19.6 Å². The Morgan fingerprint density at radius 1 is 1.32 bits per heavy atom. The summed E-state index contributed by atoms with van der Waals surface area (Å²) in [6.45, 7) is 6.85. The van der Waals surface area contributed by atoms with Gasteiger partial charge in [0, 0.05) is 44.2 Å². The average molecular weight is 381 g/mol. The van der Waals surface area contributed by atoms with E-state index in [0.717, 1.165) is 67.0 Å². The van der Waals surface area contributed by atoms with Crippen molar-refractivity contribution in [1.29, 1.82) is 0 Å². The average Bonchev–Trinajstić information content (AvgIpc) is 3.21. The van der Waals surface area contributed by atoms with Crippen LogP contribution in [0.25, 0.3) is 0 Å². The number of rotatable bonds is 11. The summed E-state index contributed by atoms with van der Waals surface area (Å²) >= 11 is 7.15. The van der Waals surface area contributed by atoms with Crippen LogP contribution < -0.4 is 10.6 Å². The van der Waals surface area contributed by atoms with Crippen LogP contribution in [0.15, 0.2) is 28.9 Å². The highest BCUT2D eigenvalue weighted by Gasteiger charge is 2.02. The van der Waals surface area contributed by atoms with E-state index < -0.39 is 0 Å². The Morgan fingerprint density at radius 2 is 2.16 bits per heavy atom. The highest BCUT2D eigenvalue weighted by Crippen LogP contribution is 2.14. The molecule has 0 saturated carbocycles. The van der Waals surface area contributed by atoms with Crippen molar-refractivity contribution in [3.8, 4) is 0 Å². The van der Waals surface area contributed by atoms with Crippen molar-refractivity contribution in [3.05, 3.63) is 41.9 Å². The molecule has 0 fully saturated rings. The first-order chi connectivity index (χ1) is 12.2. The number of furan rings is 1. The Balaban J connectivity index is 1.49. The lowest BCUT2D eigenvalue weighted by Gasteiger charge is -2.11. The molecule has 25 heavy (non-hydrogen) atoms. The van der Waals surface area contributed by atoms with Crippen molar-refractivity contribution in [2.24, 2.45) is 0 Å². The Labute approximate surface area is 160 Å². The summed E-state index contributed by atoms with van der Waals surface area (Å²) in [4.78, 5) is 4.40. The van der Waals surface area contributed by atoms with Crippen LogP contribution in [0.4, 0.5) is 0 Å². The predicted molar refractivity (Wildman–Crippen MR) is 109 cm³/mol. The van der Waals surface area contributed by atoms with Crippen molar-refractivity contribution in [2.45, 2.75) is 45.4 Å². The maximum atomic E-state index is 5.55. The molecule has 2 N–H and O–H groups in total. The molecule has 0 bridgehead atoms. The monoisotopic (exact) mass is 380 g/mol. The number of hydrogen-bond acceptors (Lipinski definition) is 4. The normalized spacial score (nSPS) is 10.8. The van der Waals surface area contributed by atoms with Gasteiger partial charge in [0.1, 0.15) is 17.3 Å². The molecule has 0 aliphatic heterocycles. The van der Waals surface area contributed by atoms with E-state index in [1.165, 1.54) is 5.82 Å². The van der Waals surface area contributed by atoms with Crippen LogP contribution in [0.3, 0.4) is 0 Å². The summed E-state index contributed by atoms with van der Waals surface area (Å²) in [7, 11) is 0. The van der Waals surface area contributed by atoms with Crippen LogP contribution in [0.2, 0.25) is 0 Å². The SMILES string of the molecule is CCCc1nccn1CCCNC(=S)NCCSCc1ccc(C)o1. The highest BCUT2D eigenvalue weighted by atomic mass is 32.2. The number of nitrogens with one attached hydrogen (secondary N) is 2. The minimum absolute atomic E-state index is 0.730. The molecule has 0 amide bonds. The minimum Gasteiger partial charge on any atom is -0.466 e. The van der Waals surface area contributed by atoms with Crippen LogP contribution in [0, 0.1) is 6.92 Å². The predicted octanol–water partition coefficient (Wildman–Crippen LogP) is 3.52. The van der Waals surface area contributed by atoms with Gasteiger partial charge in [-0.25, -0.2) is 4.98 Å². The van der Waals surface area contributed by atoms with E-state index in [9.17, 15) is 0 Å². The van der Waals surface area contributed by atoms with Crippen molar-refractivity contribution in [2.75, 3.05) is 18.8 Å². The summed E-state index contributed by atoms with van der Waals surface area (Å²) in [5, 5.41) is 7.25. The molecule has 2 aromatic heterocycles. The van der Waals surface area contributed by atoms with Gasteiger partial charge in [0.25, 0.3) is 0 Å².